The van der Waals surface area contributed by atoms with Crippen LogP contribution in [0.5, 0.6) is 11.5 Å². The molecule has 0 heterocycles. The standard InChI is InChI=1S/C17H15F4NO3/c1-22(9-10-6-7-11(18)8-13(10)19)16(23)12-4-3-5-14(24-2)15(12)25-17(20)21/h3-8,17H,9H2,1-2H3. The average Bonchev–Trinajstić information content (AvgIpc) is 2.56. The third-order valence-electron chi connectivity index (χ3n) is 3.41. The maximum Gasteiger partial charge on any atom is 0.387 e. The van der Waals surface area contributed by atoms with Crippen molar-refractivity contribution in [2.75, 3.05) is 14.2 Å². The Morgan fingerprint density at radius 2 is 1.92 bits per heavy atom. The molecule has 0 N–H and O–H groups in total. The highest BCUT2D eigenvalue weighted by molar-refractivity contribution is 5.97. The van der Waals surface area contributed by atoms with Gasteiger partial charge in [0.1, 0.15) is 11.6 Å². The number of halogens is 4. The number of alkyl halides is 2. The predicted molar refractivity (Wildman–Crippen MR) is 81.8 cm³/mol. The van der Waals surface area contributed by atoms with E-state index < -0.39 is 29.9 Å². The number of benzene rings is 2. The Morgan fingerprint density at radius 3 is 2.52 bits per heavy atom. The first-order valence-electron chi connectivity index (χ1n) is 7.14. The molecular weight excluding hydrogens is 342 g/mol. The number of amides is 1. The molecule has 0 spiro atoms. The second-order valence-corrected chi connectivity index (χ2v) is 5.11. The molecule has 134 valence electrons. The number of nitrogens with zero attached hydrogens (tertiary/aromatic N) is 1. The molecular formula is C17H15F4NO3. The van der Waals surface area contributed by atoms with Gasteiger partial charge in [-0.15, -0.1) is 0 Å². The van der Waals surface area contributed by atoms with E-state index in [4.69, 9.17) is 4.74 Å². The molecule has 8 heteroatoms. The van der Waals surface area contributed by atoms with Gasteiger partial charge in [0.05, 0.1) is 12.7 Å². The molecule has 0 aliphatic carbocycles. The number of ether oxygens (including phenoxy) is 2. The zero-order chi connectivity index (χ0) is 18.6. The van der Waals surface area contributed by atoms with Crippen molar-refractivity contribution in [3.8, 4) is 11.5 Å². The first kappa shape index (κ1) is 18.6. The van der Waals surface area contributed by atoms with Crippen LogP contribution in [-0.4, -0.2) is 31.6 Å². The smallest absolute Gasteiger partial charge is 0.387 e. The summed E-state index contributed by atoms with van der Waals surface area (Å²) < 4.78 is 61.3. The van der Waals surface area contributed by atoms with E-state index in [1.165, 1.54) is 38.4 Å². The number of carbonyl (C=O) groups excluding carboxylic acids is 1. The van der Waals surface area contributed by atoms with E-state index in [1.54, 1.807) is 0 Å². The summed E-state index contributed by atoms with van der Waals surface area (Å²) in [6.07, 6.45) is 0. The maximum absolute atomic E-state index is 13.7. The van der Waals surface area contributed by atoms with Gasteiger partial charge in [0.15, 0.2) is 11.5 Å². The Morgan fingerprint density at radius 1 is 1.20 bits per heavy atom. The molecule has 2 aromatic carbocycles. The highest BCUT2D eigenvalue weighted by Gasteiger charge is 2.23. The van der Waals surface area contributed by atoms with Crippen molar-refractivity contribution in [1.82, 2.24) is 4.90 Å². The van der Waals surface area contributed by atoms with Gasteiger partial charge in [0.25, 0.3) is 5.91 Å². The summed E-state index contributed by atoms with van der Waals surface area (Å²) in [5, 5.41) is 0. The van der Waals surface area contributed by atoms with Gasteiger partial charge in [-0.1, -0.05) is 12.1 Å². The van der Waals surface area contributed by atoms with E-state index in [9.17, 15) is 22.4 Å². The van der Waals surface area contributed by atoms with Crippen LogP contribution in [0.25, 0.3) is 0 Å². The van der Waals surface area contributed by atoms with Crippen LogP contribution in [0.4, 0.5) is 17.6 Å². The molecule has 0 radical (unpaired) electrons. The van der Waals surface area contributed by atoms with E-state index in [-0.39, 0.29) is 23.4 Å². The number of carbonyl (C=O) groups is 1. The van der Waals surface area contributed by atoms with Crippen molar-refractivity contribution >= 4 is 5.91 Å². The number of para-hydroxylation sites is 1. The lowest BCUT2D eigenvalue weighted by Gasteiger charge is -2.20. The van der Waals surface area contributed by atoms with Crippen molar-refractivity contribution < 1.29 is 31.8 Å². The molecule has 4 nitrogen and oxygen atoms in total. The fourth-order valence-corrected chi connectivity index (χ4v) is 2.24. The zero-order valence-corrected chi connectivity index (χ0v) is 13.4. The second kappa shape index (κ2) is 7.87. The highest BCUT2D eigenvalue weighted by Crippen LogP contribution is 2.33. The first-order valence-corrected chi connectivity index (χ1v) is 7.14. The summed E-state index contributed by atoms with van der Waals surface area (Å²) in [5.74, 6) is -2.67. The lowest BCUT2D eigenvalue weighted by atomic mass is 10.1. The van der Waals surface area contributed by atoms with Gasteiger partial charge in [-0.2, -0.15) is 8.78 Å². The highest BCUT2D eigenvalue weighted by atomic mass is 19.3. The molecule has 2 aromatic rings. The molecule has 0 saturated heterocycles. The van der Waals surface area contributed by atoms with Crippen LogP contribution in [0.3, 0.4) is 0 Å². The summed E-state index contributed by atoms with van der Waals surface area (Å²) in [6.45, 7) is -3.33. The zero-order valence-electron chi connectivity index (χ0n) is 13.4. The van der Waals surface area contributed by atoms with Crippen molar-refractivity contribution in [3.63, 3.8) is 0 Å². The Labute approximate surface area is 141 Å². The number of methoxy groups -OCH3 is 1. The molecule has 25 heavy (non-hydrogen) atoms. The van der Waals surface area contributed by atoms with Crippen LogP contribution >= 0.6 is 0 Å². The lowest BCUT2D eigenvalue weighted by molar-refractivity contribution is -0.0516. The van der Waals surface area contributed by atoms with E-state index in [0.29, 0.717) is 6.07 Å². The Bertz CT molecular complexity index is 768. The molecule has 0 bridgehead atoms. The molecule has 0 aliphatic rings. The van der Waals surface area contributed by atoms with Gasteiger partial charge in [0.2, 0.25) is 0 Å². The summed E-state index contributed by atoms with van der Waals surface area (Å²) in [6, 6.07) is 7.07. The van der Waals surface area contributed by atoms with Gasteiger partial charge in [0, 0.05) is 25.2 Å². The van der Waals surface area contributed by atoms with E-state index in [2.05, 4.69) is 4.74 Å². The van der Waals surface area contributed by atoms with Crippen LogP contribution in [0.1, 0.15) is 15.9 Å². The van der Waals surface area contributed by atoms with Crippen LogP contribution in [0.2, 0.25) is 0 Å². The largest absolute Gasteiger partial charge is 0.493 e. The van der Waals surface area contributed by atoms with Crippen LogP contribution in [-0.2, 0) is 6.54 Å². The Balaban J connectivity index is 2.30. The number of hydrogen-bond acceptors (Lipinski definition) is 3. The van der Waals surface area contributed by atoms with Crippen LogP contribution in [0, 0.1) is 11.6 Å². The van der Waals surface area contributed by atoms with Crippen molar-refractivity contribution in [1.29, 1.82) is 0 Å². The van der Waals surface area contributed by atoms with E-state index >= 15 is 0 Å². The van der Waals surface area contributed by atoms with Crippen molar-refractivity contribution in [3.05, 3.63) is 59.2 Å². The normalized spacial score (nSPS) is 10.7. The monoisotopic (exact) mass is 357 g/mol. The fourth-order valence-electron chi connectivity index (χ4n) is 2.24. The van der Waals surface area contributed by atoms with Crippen molar-refractivity contribution in [2.45, 2.75) is 13.2 Å². The lowest BCUT2D eigenvalue weighted by Crippen LogP contribution is -2.27. The summed E-state index contributed by atoms with van der Waals surface area (Å²) in [7, 11) is 2.61. The molecule has 0 saturated carbocycles. The number of rotatable bonds is 6. The first-order chi connectivity index (χ1) is 11.8. The van der Waals surface area contributed by atoms with Gasteiger partial charge in [-0.3, -0.25) is 4.79 Å². The van der Waals surface area contributed by atoms with Crippen LogP contribution in [0.15, 0.2) is 36.4 Å². The van der Waals surface area contributed by atoms with Gasteiger partial charge in [-0.05, 0) is 18.2 Å². The maximum atomic E-state index is 13.7. The molecule has 0 fully saturated rings. The average molecular weight is 357 g/mol. The predicted octanol–water partition coefficient (Wildman–Crippen LogP) is 3.85. The SMILES string of the molecule is COc1cccc(C(=O)N(C)Cc2ccc(F)cc2F)c1OC(F)F. The Kier molecular flexibility index (Phi) is 5.84. The molecule has 0 unspecified atom stereocenters. The second-order valence-electron chi connectivity index (χ2n) is 5.11. The third-order valence-corrected chi connectivity index (χ3v) is 3.41. The minimum atomic E-state index is -3.15. The minimum Gasteiger partial charge on any atom is -0.493 e. The Hall–Kier alpha value is -2.77. The topological polar surface area (TPSA) is 38.8 Å². The van der Waals surface area contributed by atoms with E-state index in [0.717, 1.165) is 11.0 Å². The third kappa shape index (κ3) is 4.40. The van der Waals surface area contributed by atoms with Gasteiger partial charge < -0.3 is 14.4 Å². The minimum absolute atomic E-state index is 0.0347. The molecule has 0 atom stereocenters. The summed E-state index contributed by atoms with van der Waals surface area (Å²) in [5.41, 5.74) is -0.0823. The molecule has 1 amide bonds. The van der Waals surface area contributed by atoms with Gasteiger partial charge >= 0.3 is 6.61 Å². The number of hydrogen-bond donors (Lipinski definition) is 0. The van der Waals surface area contributed by atoms with Crippen molar-refractivity contribution in [2.24, 2.45) is 0 Å². The summed E-state index contributed by atoms with van der Waals surface area (Å²) in [4.78, 5) is 13.6. The fraction of sp³-hybridized carbons (Fsp3) is 0.235. The van der Waals surface area contributed by atoms with E-state index in [1.807, 2.05) is 0 Å². The molecule has 2 rings (SSSR count). The summed E-state index contributed by atoms with van der Waals surface area (Å²) >= 11 is 0. The van der Waals surface area contributed by atoms with Gasteiger partial charge in [-0.25, -0.2) is 8.78 Å². The molecule has 0 aliphatic heterocycles. The quantitative estimate of drug-likeness (QED) is 0.738. The molecule has 0 aromatic heterocycles. The van der Waals surface area contributed by atoms with Crippen LogP contribution < -0.4 is 9.47 Å².